The molecule has 1 saturated heterocycles. The lowest BCUT2D eigenvalue weighted by molar-refractivity contribution is -0.154. The smallest absolute Gasteiger partial charge is 0.410 e. The lowest BCUT2D eigenvalue weighted by atomic mass is 9.95. The number of halogens is 3. The molecule has 56 heavy (non-hydrogen) atoms. The van der Waals surface area contributed by atoms with Crippen LogP contribution in [0.15, 0.2) is 41.3 Å². The lowest BCUT2D eigenvalue weighted by Gasteiger charge is -2.29. The molecule has 0 unspecified atom stereocenters. The van der Waals surface area contributed by atoms with Gasteiger partial charge in [-0.2, -0.15) is 0 Å². The van der Waals surface area contributed by atoms with E-state index in [-0.39, 0.29) is 58.6 Å². The fraction of sp³-hybridized carbons (Fsp3) is 0.553. The number of nitrogens with one attached hydrogen (secondary N) is 2. The van der Waals surface area contributed by atoms with Crippen LogP contribution in [0.2, 0.25) is 8.67 Å². The van der Waals surface area contributed by atoms with Gasteiger partial charge in [0.05, 0.1) is 23.8 Å². The van der Waals surface area contributed by atoms with Crippen LogP contribution in [0.1, 0.15) is 88.2 Å². The molecule has 302 valence electrons. The van der Waals surface area contributed by atoms with E-state index in [0.717, 1.165) is 55.9 Å². The van der Waals surface area contributed by atoms with E-state index in [1.165, 1.54) is 15.9 Å². The van der Waals surface area contributed by atoms with E-state index in [2.05, 4.69) is 10.0 Å². The summed E-state index contributed by atoms with van der Waals surface area (Å²) < 4.78 is 54.7. The molecule has 2 N–H and O–H groups in total. The highest BCUT2D eigenvalue weighted by Gasteiger charge is 2.62. The zero-order valence-electron chi connectivity index (χ0n) is 30.5. The summed E-state index contributed by atoms with van der Waals surface area (Å²) in [5, 5.41) is 2.77. The number of hydrogen-bond acceptors (Lipinski definition) is 10. The van der Waals surface area contributed by atoms with Crippen molar-refractivity contribution >= 4 is 74.3 Å². The molecule has 7 rings (SSSR count). The van der Waals surface area contributed by atoms with Crippen LogP contribution in [0.4, 0.5) is 9.18 Å². The van der Waals surface area contributed by atoms with Crippen LogP contribution in [0, 0.1) is 17.7 Å². The van der Waals surface area contributed by atoms with Gasteiger partial charge in [-0.1, -0.05) is 60.3 Å². The quantitative estimate of drug-likeness (QED) is 0.251. The van der Waals surface area contributed by atoms with Crippen LogP contribution >= 0.6 is 34.5 Å². The summed E-state index contributed by atoms with van der Waals surface area (Å²) in [7, 11) is -4.50. The normalized spacial score (nSPS) is 27.6. The Hall–Kier alpha value is -3.73. The fourth-order valence-corrected chi connectivity index (χ4v) is 11.4. The monoisotopic (exact) mass is 852 g/mol. The molecular weight excluding hydrogens is 810 g/mol. The molecule has 2 saturated carbocycles. The molecule has 3 fully saturated rings. The van der Waals surface area contributed by atoms with Crippen molar-refractivity contribution in [1.29, 1.82) is 0 Å². The van der Waals surface area contributed by atoms with Crippen LogP contribution in [-0.2, 0) is 51.8 Å². The second-order valence-electron chi connectivity index (χ2n) is 15.2. The number of esters is 1. The zero-order chi connectivity index (χ0) is 39.8. The first-order valence-electron chi connectivity index (χ1n) is 19.0. The van der Waals surface area contributed by atoms with Gasteiger partial charge in [0.15, 0.2) is 0 Å². The maximum Gasteiger partial charge on any atom is 0.410 e. The molecule has 4 heterocycles. The number of nitrogens with zero attached hydrogens (tertiary/aromatic N) is 2. The highest BCUT2D eigenvalue weighted by atomic mass is 35.5. The van der Waals surface area contributed by atoms with E-state index in [4.69, 9.17) is 32.7 Å². The molecule has 0 radical (unpaired) electrons. The van der Waals surface area contributed by atoms with Gasteiger partial charge in [-0.15, -0.1) is 11.3 Å². The predicted octanol–water partition coefficient (Wildman–Crippen LogP) is 6.01. The van der Waals surface area contributed by atoms with E-state index >= 15 is 0 Å². The first-order chi connectivity index (χ1) is 26.7. The number of thiophene rings is 1. The molecule has 4 amide bonds. The van der Waals surface area contributed by atoms with Gasteiger partial charge in [0, 0.05) is 30.4 Å². The standard InChI is InChI=1S/C38H43Cl2FN4O9S2/c39-31-17-30(33(40)55-31)56(51,52)43-36(49)38-18-24(38)11-5-3-1-2-4-9-22(15-32(46)53-25-12-6-7-13-25)35(48)45-20-26(16-29(45)34(47)42-38)54-37(50)44-19-23-10-8-14-28(41)27(23)21-44/h5,8,10-11,14,17,22,24-26,29H,1-4,6-7,9,12-13,15-16,18-21H2,(H,42,47)(H,43,49)/b11-5-/t22-,24-,26-,29+,38-/m1/s1. The molecule has 3 aliphatic heterocycles. The minimum absolute atomic E-state index is 0.0104. The van der Waals surface area contributed by atoms with Gasteiger partial charge >= 0.3 is 12.1 Å². The SMILES string of the molecule is O=C(C[C@H]1CCCCC/C=C\[C@@H]2C[C@@]2(C(=O)NS(=O)(=O)c2cc(Cl)sc2Cl)NC(=O)[C@@H]2C[C@@H](OC(=O)N3Cc4cccc(F)c4C3)CN2C1=O)OC1CCCC1. The fourth-order valence-electron chi connectivity index (χ4n) is 8.24. The Morgan fingerprint density at radius 1 is 1.02 bits per heavy atom. The number of carbonyl (C=O) groups excluding carboxylic acids is 5. The Bertz CT molecular complexity index is 2040. The van der Waals surface area contributed by atoms with E-state index in [0.29, 0.717) is 30.4 Å². The number of ether oxygens (including phenoxy) is 2. The average Bonchev–Trinajstić information content (AvgIpc) is 3.70. The second-order valence-corrected chi connectivity index (χ2v) is 19.2. The highest BCUT2D eigenvalue weighted by molar-refractivity contribution is 7.90. The molecule has 0 spiro atoms. The van der Waals surface area contributed by atoms with Crippen molar-refractivity contribution in [3.8, 4) is 0 Å². The molecule has 2 aliphatic carbocycles. The zero-order valence-corrected chi connectivity index (χ0v) is 33.6. The van der Waals surface area contributed by atoms with Crippen molar-refractivity contribution in [3.05, 3.63) is 62.0 Å². The molecule has 5 aliphatic rings. The van der Waals surface area contributed by atoms with E-state index in [1.807, 2.05) is 6.08 Å². The summed E-state index contributed by atoms with van der Waals surface area (Å²) >= 11 is 12.9. The van der Waals surface area contributed by atoms with Crippen molar-refractivity contribution in [1.82, 2.24) is 19.8 Å². The highest BCUT2D eigenvalue weighted by Crippen LogP contribution is 2.46. The molecule has 5 atom stereocenters. The van der Waals surface area contributed by atoms with Gasteiger partial charge in [0.25, 0.3) is 15.9 Å². The van der Waals surface area contributed by atoms with Crippen molar-refractivity contribution in [2.45, 2.75) is 119 Å². The van der Waals surface area contributed by atoms with Gasteiger partial charge < -0.3 is 19.7 Å². The number of carbonyl (C=O) groups is 5. The average molecular weight is 854 g/mol. The summed E-state index contributed by atoms with van der Waals surface area (Å²) in [6.45, 7) is -0.0710. The van der Waals surface area contributed by atoms with E-state index < -0.39 is 75.1 Å². The number of allylic oxidation sites excluding steroid dienone is 1. The molecule has 1 aromatic heterocycles. The third-order valence-corrected chi connectivity index (χ3v) is 14.4. The first kappa shape index (κ1) is 40.5. The van der Waals surface area contributed by atoms with Crippen molar-refractivity contribution in [3.63, 3.8) is 0 Å². The molecule has 2 aromatic rings. The van der Waals surface area contributed by atoms with Crippen molar-refractivity contribution in [2.24, 2.45) is 11.8 Å². The van der Waals surface area contributed by atoms with Crippen LogP contribution in [0.25, 0.3) is 0 Å². The molecular formula is C38H43Cl2FN4O9S2. The number of fused-ring (bicyclic) bond motifs is 3. The number of amides is 4. The van der Waals surface area contributed by atoms with Crippen LogP contribution in [0.3, 0.4) is 0 Å². The molecule has 0 bridgehead atoms. The number of benzene rings is 1. The van der Waals surface area contributed by atoms with Crippen LogP contribution in [0.5, 0.6) is 0 Å². The van der Waals surface area contributed by atoms with Crippen molar-refractivity contribution < 1.29 is 46.3 Å². The Balaban J connectivity index is 1.14. The summed E-state index contributed by atoms with van der Waals surface area (Å²) in [5.41, 5.74) is -0.661. The predicted molar refractivity (Wildman–Crippen MR) is 203 cm³/mol. The van der Waals surface area contributed by atoms with E-state index in [1.54, 1.807) is 18.2 Å². The maximum absolute atomic E-state index is 14.5. The van der Waals surface area contributed by atoms with Gasteiger partial charge in [-0.05, 0) is 69.1 Å². The second kappa shape index (κ2) is 16.6. The minimum atomic E-state index is -4.50. The summed E-state index contributed by atoms with van der Waals surface area (Å²) in [4.78, 5) is 71.6. The Kier molecular flexibility index (Phi) is 12.0. The van der Waals surface area contributed by atoms with Gasteiger partial charge in [0.2, 0.25) is 11.8 Å². The summed E-state index contributed by atoms with van der Waals surface area (Å²) in [5.74, 6) is -4.57. The minimum Gasteiger partial charge on any atom is -0.462 e. The molecule has 18 heteroatoms. The molecule has 1 aromatic carbocycles. The Morgan fingerprint density at radius 2 is 1.79 bits per heavy atom. The Labute approximate surface area is 338 Å². The molecule has 13 nitrogen and oxygen atoms in total. The number of sulfonamides is 1. The van der Waals surface area contributed by atoms with Gasteiger partial charge in [-0.3, -0.25) is 24.1 Å². The Morgan fingerprint density at radius 3 is 2.52 bits per heavy atom. The van der Waals surface area contributed by atoms with Gasteiger partial charge in [-0.25, -0.2) is 22.3 Å². The third-order valence-electron chi connectivity index (χ3n) is 11.4. The summed E-state index contributed by atoms with van der Waals surface area (Å²) in [6.07, 6.45) is 8.06. The van der Waals surface area contributed by atoms with Gasteiger partial charge in [0.1, 0.15) is 38.8 Å². The lowest BCUT2D eigenvalue weighted by Crippen LogP contribution is -2.56. The van der Waals surface area contributed by atoms with Crippen LogP contribution < -0.4 is 10.0 Å². The topological polar surface area (TPSA) is 168 Å². The third kappa shape index (κ3) is 8.72. The van der Waals surface area contributed by atoms with Crippen molar-refractivity contribution in [2.75, 3.05) is 6.54 Å². The van der Waals surface area contributed by atoms with Crippen LogP contribution in [-0.4, -0.2) is 78.3 Å². The number of rotatable bonds is 7. The summed E-state index contributed by atoms with van der Waals surface area (Å²) in [6, 6.07) is 4.48. The number of hydrogen-bond donors (Lipinski definition) is 2. The maximum atomic E-state index is 14.5. The van der Waals surface area contributed by atoms with E-state index in [9.17, 15) is 36.8 Å². The largest absolute Gasteiger partial charge is 0.462 e. The first-order valence-corrected chi connectivity index (χ1v) is 22.0.